The van der Waals surface area contributed by atoms with Crippen molar-refractivity contribution >= 4 is 56.7 Å². The minimum Gasteiger partial charge on any atom is -0.342 e. The lowest BCUT2D eigenvalue weighted by atomic mass is 10.0. The van der Waals surface area contributed by atoms with Gasteiger partial charge in [0, 0.05) is 51.0 Å². The minimum atomic E-state index is -4.72. The first kappa shape index (κ1) is 43.7. The number of hydrogen-bond donors (Lipinski definition) is 2. The number of aromatic nitrogens is 2. The van der Waals surface area contributed by atoms with Crippen LogP contribution < -0.4 is 29.0 Å². The first-order valence-electron chi connectivity index (χ1n) is 18.7. The van der Waals surface area contributed by atoms with Crippen molar-refractivity contribution in [1.82, 2.24) is 20.6 Å². The fraction of sp³-hybridized carbons (Fsp3) is 0.238. The number of carbonyl (C=O) groups is 4. The molecule has 1 aliphatic heterocycles. The second-order valence-corrected chi connectivity index (χ2v) is 16.1. The Hall–Kier alpha value is -6.89. The number of nitrogens with one attached hydrogen (secondary N) is 2. The Morgan fingerprint density at radius 1 is 0.639 bits per heavy atom. The molecule has 0 radical (unpaired) electrons. The Kier molecular flexibility index (Phi) is 13.0. The highest BCUT2D eigenvalue weighted by molar-refractivity contribution is 7.94. The molecule has 318 valence electrons. The lowest BCUT2D eigenvalue weighted by Crippen LogP contribution is -2.53. The molecule has 2 atom stereocenters. The van der Waals surface area contributed by atoms with Crippen LogP contribution in [-0.2, 0) is 42.2 Å². The molecule has 0 fully saturated rings. The molecule has 0 bridgehead atoms. The van der Waals surface area contributed by atoms with Crippen LogP contribution in [-0.4, -0.2) is 81.3 Å². The molecule has 6 rings (SSSR count). The van der Waals surface area contributed by atoms with E-state index in [4.69, 9.17) is 0 Å². The van der Waals surface area contributed by atoms with Gasteiger partial charge in [0.25, 0.3) is 5.91 Å². The van der Waals surface area contributed by atoms with E-state index in [2.05, 4.69) is 20.6 Å². The SMILES string of the molecule is Cc1ccc(N(C)C(=O)[C@H](Cc2cc(F)cc(F)c2)NC(=O)CN2c3ccccc3N(CC(=O)N[C@@H](Cc3cc(F)cc(F)c3)C(=O)N(C)c3ccc(C)nc3)S2(=O)=O)nc1. The van der Waals surface area contributed by atoms with Gasteiger partial charge >= 0.3 is 10.2 Å². The number of nitrogens with zero attached hydrogens (tertiary/aromatic N) is 6. The number of rotatable bonds is 14. The quantitative estimate of drug-likeness (QED) is 0.156. The molecule has 5 aromatic rings. The topological polar surface area (TPSA) is 165 Å². The van der Waals surface area contributed by atoms with Gasteiger partial charge in [-0.25, -0.2) is 31.2 Å². The maximum atomic E-state index is 14.2. The first-order chi connectivity index (χ1) is 28.9. The maximum Gasteiger partial charge on any atom is 0.327 e. The van der Waals surface area contributed by atoms with E-state index in [9.17, 15) is 45.2 Å². The molecule has 0 spiro atoms. The number of carbonyl (C=O) groups excluding carboxylic acids is 4. The number of pyridine rings is 2. The summed E-state index contributed by atoms with van der Waals surface area (Å²) >= 11 is 0. The van der Waals surface area contributed by atoms with Gasteiger partial charge in [-0.1, -0.05) is 18.2 Å². The summed E-state index contributed by atoms with van der Waals surface area (Å²) < 4.78 is 86.6. The summed E-state index contributed by atoms with van der Waals surface area (Å²) in [6.07, 6.45) is 2.17. The third-order valence-electron chi connectivity index (χ3n) is 9.73. The van der Waals surface area contributed by atoms with Crippen molar-refractivity contribution in [3.63, 3.8) is 0 Å². The molecule has 2 N–H and O–H groups in total. The van der Waals surface area contributed by atoms with Crippen LogP contribution in [0.3, 0.4) is 0 Å². The molecule has 0 unspecified atom stereocenters. The number of halogens is 4. The van der Waals surface area contributed by atoms with Gasteiger partial charge in [-0.2, -0.15) is 8.42 Å². The van der Waals surface area contributed by atoms with Crippen molar-refractivity contribution in [2.24, 2.45) is 0 Å². The fourth-order valence-corrected chi connectivity index (χ4v) is 8.29. The number of amides is 4. The largest absolute Gasteiger partial charge is 0.342 e. The predicted molar refractivity (Wildman–Crippen MR) is 219 cm³/mol. The summed E-state index contributed by atoms with van der Waals surface area (Å²) in [5.41, 5.74) is 1.87. The van der Waals surface area contributed by atoms with Gasteiger partial charge in [-0.05, 0) is 85.1 Å². The summed E-state index contributed by atoms with van der Waals surface area (Å²) in [6, 6.07) is 14.7. The van der Waals surface area contributed by atoms with Crippen LogP contribution in [0.1, 0.15) is 22.4 Å². The molecule has 0 aliphatic carbocycles. The lowest BCUT2D eigenvalue weighted by Gasteiger charge is -2.27. The molecule has 0 saturated carbocycles. The van der Waals surface area contributed by atoms with Gasteiger partial charge < -0.3 is 15.5 Å². The van der Waals surface area contributed by atoms with Crippen LogP contribution in [0.2, 0.25) is 0 Å². The zero-order chi connectivity index (χ0) is 44.2. The van der Waals surface area contributed by atoms with Crippen LogP contribution in [0.5, 0.6) is 0 Å². The Labute approximate surface area is 349 Å². The number of para-hydroxylation sites is 2. The number of benzene rings is 3. The summed E-state index contributed by atoms with van der Waals surface area (Å²) in [7, 11) is -1.92. The van der Waals surface area contributed by atoms with Crippen molar-refractivity contribution in [1.29, 1.82) is 0 Å². The van der Waals surface area contributed by atoms with E-state index in [0.29, 0.717) is 23.5 Å². The third kappa shape index (κ3) is 10.3. The molecule has 19 heteroatoms. The van der Waals surface area contributed by atoms with Crippen LogP contribution in [0.15, 0.2) is 97.3 Å². The number of anilines is 4. The molecule has 3 aromatic carbocycles. The molecule has 4 amide bonds. The number of hydrogen-bond acceptors (Lipinski definition) is 8. The van der Waals surface area contributed by atoms with Crippen molar-refractivity contribution in [2.45, 2.75) is 38.8 Å². The van der Waals surface area contributed by atoms with Crippen LogP contribution in [0, 0.1) is 37.1 Å². The molecule has 2 aromatic heterocycles. The van der Waals surface area contributed by atoms with Gasteiger partial charge in [0.05, 0.1) is 23.3 Å². The Balaban J connectivity index is 1.23. The standard InChI is InChI=1S/C42H40F4N8O6S/c1-25-9-12-38(48-21-25)52(4)42(58)35(18-28-15-31(45)20-32(46)16-28)50-40(56)24-54-37-8-6-5-7-36(37)53(61(54,59)60)23-39(55)49-34(17-27-13-29(43)19-30(44)14-27)41(57)51(3)33-11-10-26(2)47-22-33/h5-16,19-22,34-35H,17-18,23-24H2,1-4H3,(H,49,55)(H,50,56)/t34-,35-/m0/s1. The van der Waals surface area contributed by atoms with Gasteiger partial charge in [0.1, 0.15) is 54.3 Å². The highest BCUT2D eigenvalue weighted by Crippen LogP contribution is 2.40. The Morgan fingerprint density at radius 3 is 1.54 bits per heavy atom. The monoisotopic (exact) mass is 860 g/mol. The first-order valence-corrected chi connectivity index (χ1v) is 20.1. The van der Waals surface area contributed by atoms with E-state index >= 15 is 0 Å². The van der Waals surface area contributed by atoms with E-state index in [1.54, 1.807) is 38.1 Å². The highest BCUT2D eigenvalue weighted by Gasteiger charge is 2.43. The van der Waals surface area contributed by atoms with Gasteiger partial charge in [-0.15, -0.1) is 0 Å². The molecule has 14 nitrogen and oxygen atoms in total. The van der Waals surface area contributed by atoms with Gasteiger partial charge in [0.15, 0.2) is 0 Å². The van der Waals surface area contributed by atoms with Crippen LogP contribution in [0.25, 0.3) is 0 Å². The molecular formula is C42H40F4N8O6S. The predicted octanol–water partition coefficient (Wildman–Crippen LogP) is 4.30. The summed E-state index contributed by atoms with van der Waals surface area (Å²) in [4.78, 5) is 65.9. The number of likely N-dealkylation sites (N-methyl/N-ethyl adjacent to an activating group) is 2. The Morgan fingerprint density at radius 2 is 1.11 bits per heavy atom. The number of fused-ring (bicyclic) bond motifs is 1. The molecule has 61 heavy (non-hydrogen) atoms. The van der Waals surface area contributed by atoms with E-state index < -0.39 is 82.3 Å². The van der Waals surface area contributed by atoms with Crippen molar-refractivity contribution < 1.29 is 45.2 Å². The normalized spacial score (nSPS) is 13.8. The van der Waals surface area contributed by atoms with Crippen molar-refractivity contribution in [3.8, 4) is 0 Å². The summed E-state index contributed by atoms with van der Waals surface area (Å²) in [5.74, 6) is -6.85. The highest BCUT2D eigenvalue weighted by atomic mass is 32.2. The van der Waals surface area contributed by atoms with Crippen LogP contribution in [0.4, 0.5) is 40.4 Å². The maximum absolute atomic E-state index is 14.2. The third-order valence-corrected chi connectivity index (χ3v) is 11.5. The van der Waals surface area contributed by atoms with Crippen LogP contribution >= 0.6 is 0 Å². The molecule has 0 saturated heterocycles. The van der Waals surface area contributed by atoms with E-state index in [1.165, 1.54) is 55.7 Å². The smallest absolute Gasteiger partial charge is 0.327 e. The fourth-order valence-electron chi connectivity index (χ4n) is 6.68. The average Bonchev–Trinajstić information content (AvgIpc) is 3.40. The van der Waals surface area contributed by atoms with Crippen molar-refractivity contribution in [3.05, 3.63) is 143 Å². The second-order valence-electron chi connectivity index (χ2n) is 14.4. The summed E-state index contributed by atoms with van der Waals surface area (Å²) in [6.45, 7) is 1.74. The van der Waals surface area contributed by atoms with E-state index in [-0.39, 0.29) is 41.2 Å². The average molecular weight is 861 g/mol. The van der Waals surface area contributed by atoms with Crippen molar-refractivity contribution in [2.75, 3.05) is 45.6 Å². The lowest BCUT2D eigenvalue weighted by molar-refractivity contribution is -0.126. The number of aryl methyl sites for hydroxylation is 2. The zero-order valence-electron chi connectivity index (χ0n) is 33.3. The minimum absolute atomic E-state index is 0.00332. The molecular weight excluding hydrogens is 821 g/mol. The van der Waals surface area contributed by atoms with Gasteiger partial charge in [-0.3, -0.25) is 29.1 Å². The summed E-state index contributed by atoms with van der Waals surface area (Å²) in [5, 5.41) is 5.02. The molecule has 1 aliphatic rings. The molecule has 3 heterocycles. The van der Waals surface area contributed by atoms with E-state index in [0.717, 1.165) is 43.3 Å². The Bertz CT molecular complexity index is 2370. The second kappa shape index (κ2) is 18.2. The van der Waals surface area contributed by atoms with E-state index in [1.807, 2.05) is 0 Å². The zero-order valence-corrected chi connectivity index (χ0v) is 34.1. The van der Waals surface area contributed by atoms with Gasteiger partial charge in [0.2, 0.25) is 17.7 Å².